The summed E-state index contributed by atoms with van der Waals surface area (Å²) in [6.45, 7) is 2.07. The second-order valence-electron chi connectivity index (χ2n) is 8.09. The van der Waals surface area contributed by atoms with Crippen LogP contribution in [0.4, 0.5) is 10.1 Å². The summed E-state index contributed by atoms with van der Waals surface area (Å²) < 4.78 is 43.1. The summed E-state index contributed by atoms with van der Waals surface area (Å²) in [5.41, 5.74) is 2.00. The number of anilines is 1. The molecule has 0 saturated heterocycles. The third kappa shape index (κ3) is 3.22. The molecule has 0 amide bonds. The van der Waals surface area contributed by atoms with Crippen molar-refractivity contribution >= 4 is 27.3 Å². The van der Waals surface area contributed by atoms with Crippen LogP contribution >= 0.6 is 11.6 Å². The topological polar surface area (TPSA) is 37.4 Å². The number of hydrogen-bond donors (Lipinski definition) is 0. The average molecular weight is 422 g/mol. The summed E-state index contributed by atoms with van der Waals surface area (Å²) in [5.74, 6) is 0.301. The third-order valence-electron chi connectivity index (χ3n) is 6.24. The van der Waals surface area contributed by atoms with E-state index in [0.29, 0.717) is 18.0 Å². The van der Waals surface area contributed by atoms with Gasteiger partial charge >= 0.3 is 0 Å². The Morgan fingerprint density at radius 1 is 1.14 bits per heavy atom. The van der Waals surface area contributed by atoms with Gasteiger partial charge in [-0.15, -0.1) is 11.6 Å². The summed E-state index contributed by atoms with van der Waals surface area (Å²) in [6.07, 6.45) is 5.16. The van der Waals surface area contributed by atoms with Gasteiger partial charge in [-0.05, 0) is 73.1 Å². The molecule has 0 N–H and O–H groups in total. The van der Waals surface area contributed by atoms with Gasteiger partial charge in [0.05, 0.1) is 16.1 Å². The molecule has 1 unspecified atom stereocenters. The fourth-order valence-electron chi connectivity index (χ4n) is 4.99. The van der Waals surface area contributed by atoms with Crippen molar-refractivity contribution in [2.24, 2.45) is 0 Å². The number of fused-ring (bicyclic) bond motifs is 1. The van der Waals surface area contributed by atoms with Crippen LogP contribution in [0.25, 0.3) is 0 Å². The van der Waals surface area contributed by atoms with Crippen LogP contribution in [0, 0.1) is 5.82 Å². The first-order chi connectivity index (χ1) is 13.4. The molecule has 3 nitrogen and oxygen atoms in total. The van der Waals surface area contributed by atoms with E-state index in [1.54, 1.807) is 22.5 Å². The van der Waals surface area contributed by atoms with Crippen LogP contribution in [0.15, 0.2) is 47.4 Å². The molecule has 0 bridgehead atoms. The molecular formula is C22H25ClFNO2S. The Labute approximate surface area is 171 Å². The van der Waals surface area contributed by atoms with Gasteiger partial charge < -0.3 is 0 Å². The van der Waals surface area contributed by atoms with Gasteiger partial charge in [-0.2, -0.15) is 0 Å². The number of nitrogens with zero attached hydrogens (tertiary/aromatic N) is 1. The Morgan fingerprint density at radius 2 is 1.82 bits per heavy atom. The average Bonchev–Trinajstić information content (AvgIpc) is 3.11. The molecule has 0 aromatic heterocycles. The van der Waals surface area contributed by atoms with Crippen molar-refractivity contribution in [3.63, 3.8) is 0 Å². The lowest BCUT2D eigenvalue weighted by Gasteiger charge is -2.48. The molecule has 1 fully saturated rings. The summed E-state index contributed by atoms with van der Waals surface area (Å²) in [7, 11) is -3.76. The molecule has 6 heteroatoms. The molecule has 1 aliphatic carbocycles. The Hall–Kier alpha value is -1.59. The Morgan fingerprint density at radius 3 is 2.46 bits per heavy atom. The number of aryl methyl sites for hydroxylation is 1. The monoisotopic (exact) mass is 421 g/mol. The largest absolute Gasteiger partial charge is 0.264 e. The predicted octanol–water partition coefficient (Wildman–Crippen LogP) is 5.62. The highest BCUT2D eigenvalue weighted by molar-refractivity contribution is 7.93. The third-order valence-corrected chi connectivity index (χ3v) is 8.36. The van der Waals surface area contributed by atoms with Crippen LogP contribution in [0.5, 0.6) is 0 Å². The number of hydrogen-bond acceptors (Lipinski definition) is 2. The van der Waals surface area contributed by atoms with Crippen molar-refractivity contribution in [3.8, 4) is 0 Å². The zero-order valence-corrected chi connectivity index (χ0v) is 17.6. The van der Waals surface area contributed by atoms with Gasteiger partial charge in [-0.25, -0.2) is 12.8 Å². The summed E-state index contributed by atoms with van der Waals surface area (Å²) in [4.78, 5) is 0.280. The molecule has 1 aliphatic heterocycles. The van der Waals surface area contributed by atoms with Crippen LogP contribution in [0.3, 0.4) is 0 Å². The Kier molecular flexibility index (Phi) is 5.17. The second kappa shape index (κ2) is 7.34. The van der Waals surface area contributed by atoms with E-state index >= 15 is 0 Å². The Balaban J connectivity index is 1.85. The number of rotatable bonds is 4. The SMILES string of the molecule is CC1CC2(CCCC2)N(S(=O)(=O)c2ccc(CCCl)cc2)c2ccc(F)cc21. The molecule has 1 spiro atoms. The van der Waals surface area contributed by atoms with Crippen LogP contribution < -0.4 is 4.31 Å². The molecule has 4 rings (SSSR count). The van der Waals surface area contributed by atoms with Crippen molar-refractivity contribution in [2.75, 3.05) is 10.2 Å². The maximum Gasteiger partial charge on any atom is 0.264 e. The quantitative estimate of drug-likeness (QED) is 0.600. The van der Waals surface area contributed by atoms with Crippen LogP contribution in [0.1, 0.15) is 56.1 Å². The Bertz CT molecular complexity index is 969. The van der Waals surface area contributed by atoms with E-state index in [1.165, 1.54) is 12.1 Å². The van der Waals surface area contributed by atoms with Crippen molar-refractivity contribution in [1.82, 2.24) is 0 Å². The first-order valence-electron chi connectivity index (χ1n) is 9.87. The molecular weight excluding hydrogens is 397 g/mol. The van der Waals surface area contributed by atoms with Crippen molar-refractivity contribution < 1.29 is 12.8 Å². The highest BCUT2D eigenvalue weighted by Crippen LogP contribution is 2.52. The molecule has 1 atom stereocenters. The van der Waals surface area contributed by atoms with Gasteiger partial charge in [0, 0.05) is 5.88 Å². The standard InChI is InChI=1S/C22H25ClFNO2S/c1-16-15-22(11-2-3-12-22)25(21-9-6-18(24)14-20(16)21)28(26,27)19-7-4-17(5-8-19)10-13-23/h4-9,14,16H,2-3,10-13,15H2,1H3. The maximum absolute atomic E-state index is 13.9. The van der Waals surface area contributed by atoms with Gasteiger partial charge in [-0.1, -0.05) is 31.9 Å². The molecule has 1 heterocycles. The molecule has 150 valence electrons. The maximum atomic E-state index is 13.9. The minimum atomic E-state index is -3.76. The molecule has 1 saturated carbocycles. The summed E-state index contributed by atoms with van der Waals surface area (Å²) >= 11 is 5.79. The number of sulfonamides is 1. The van der Waals surface area contributed by atoms with Crippen LogP contribution in [-0.2, 0) is 16.4 Å². The fourth-order valence-corrected chi connectivity index (χ4v) is 7.09. The van der Waals surface area contributed by atoms with Crippen LogP contribution in [-0.4, -0.2) is 19.8 Å². The minimum Gasteiger partial charge on any atom is -0.260 e. The van der Waals surface area contributed by atoms with Crippen LogP contribution in [0.2, 0.25) is 0 Å². The minimum absolute atomic E-state index is 0.126. The fraction of sp³-hybridized carbons (Fsp3) is 0.455. The van der Waals surface area contributed by atoms with E-state index in [4.69, 9.17) is 11.6 Å². The van der Waals surface area contributed by atoms with Crippen molar-refractivity contribution in [1.29, 1.82) is 0 Å². The molecule has 0 radical (unpaired) electrons. The van der Waals surface area contributed by atoms with E-state index < -0.39 is 15.6 Å². The summed E-state index contributed by atoms with van der Waals surface area (Å²) in [6, 6.07) is 11.5. The zero-order valence-electron chi connectivity index (χ0n) is 16.0. The smallest absolute Gasteiger partial charge is 0.260 e. The van der Waals surface area contributed by atoms with Gasteiger partial charge in [0.2, 0.25) is 0 Å². The van der Waals surface area contributed by atoms with E-state index in [2.05, 4.69) is 6.92 Å². The highest BCUT2D eigenvalue weighted by atomic mass is 35.5. The second-order valence-corrected chi connectivity index (χ2v) is 10.3. The highest BCUT2D eigenvalue weighted by Gasteiger charge is 2.50. The lowest BCUT2D eigenvalue weighted by molar-refractivity contribution is 0.360. The zero-order chi connectivity index (χ0) is 19.9. The molecule has 2 aliphatic rings. The predicted molar refractivity (Wildman–Crippen MR) is 111 cm³/mol. The lowest BCUT2D eigenvalue weighted by atomic mass is 9.78. The molecule has 2 aromatic rings. The first kappa shape index (κ1) is 19.7. The van der Waals surface area contributed by atoms with E-state index in [0.717, 1.165) is 43.2 Å². The van der Waals surface area contributed by atoms with Gasteiger partial charge in [0.15, 0.2) is 0 Å². The lowest BCUT2D eigenvalue weighted by Crippen LogP contribution is -2.53. The van der Waals surface area contributed by atoms with Gasteiger partial charge in [0.1, 0.15) is 5.82 Å². The first-order valence-corrected chi connectivity index (χ1v) is 11.8. The number of benzene rings is 2. The van der Waals surface area contributed by atoms with E-state index in [9.17, 15) is 12.8 Å². The van der Waals surface area contributed by atoms with Crippen molar-refractivity contribution in [3.05, 3.63) is 59.4 Å². The normalized spacial score (nSPS) is 21.1. The number of halogens is 2. The number of alkyl halides is 1. The van der Waals surface area contributed by atoms with Gasteiger partial charge in [0.25, 0.3) is 10.0 Å². The van der Waals surface area contributed by atoms with E-state index in [1.807, 2.05) is 12.1 Å². The van der Waals surface area contributed by atoms with Gasteiger partial charge in [-0.3, -0.25) is 4.31 Å². The van der Waals surface area contributed by atoms with E-state index in [-0.39, 0.29) is 16.6 Å². The summed E-state index contributed by atoms with van der Waals surface area (Å²) in [5, 5.41) is 0. The van der Waals surface area contributed by atoms with Crippen molar-refractivity contribution in [2.45, 2.75) is 61.8 Å². The molecule has 28 heavy (non-hydrogen) atoms. The molecule has 2 aromatic carbocycles.